The molecule has 0 aliphatic rings. The minimum Gasteiger partial charge on any atom is -0.495 e. The van der Waals surface area contributed by atoms with E-state index in [4.69, 9.17) is 25.8 Å². The Morgan fingerprint density at radius 2 is 1.79 bits per heavy atom. The topological polar surface area (TPSA) is 82.1 Å². The van der Waals surface area contributed by atoms with Gasteiger partial charge in [0.25, 0.3) is 0 Å². The molecule has 0 unspecified atom stereocenters. The van der Waals surface area contributed by atoms with E-state index in [-0.39, 0.29) is 29.4 Å². The van der Waals surface area contributed by atoms with E-state index in [2.05, 4.69) is 0 Å². The zero-order chi connectivity index (χ0) is 21.4. The van der Waals surface area contributed by atoms with Crippen LogP contribution in [0.25, 0.3) is 0 Å². The van der Waals surface area contributed by atoms with Gasteiger partial charge in [-0.2, -0.15) is 4.31 Å². The Bertz CT molecular complexity index is 944. The molecule has 0 saturated heterocycles. The Balaban J connectivity index is 2.09. The van der Waals surface area contributed by atoms with Crippen LogP contribution in [0.4, 0.5) is 0 Å². The van der Waals surface area contributed by atoms with Gasteiger partial charge < -0.3 is 14.2 Å². The number of halogens is 1. The number of ether oxygens (including phenoxy) is 3. The largest absolute Gasteiger partial charge is 0.495 e. The molecule has 0 saturated carbocycles. The SMILES string of the molecule is CCN(CC)S(=O)(=O)c1cc(C(=O)OCCOc2cccc(Cl)c2)ccc1OC. The Morgan fingerprint density at radius 3 is 2.41 bits per heavy atom. The van der Waals surface area contributed by atoms with Gasteiger partial charge in [-0.05, 0) is 36.4 Å². The lowest BCUT2D eigenvalue weighted by molar-refractivity contribution is 0.0450. The second-order valence-corrected chi connectivity index (χ2v) is 8.24. The third kappa shape index (κ3) is 5.85. The van der Waals surface area contributed by atoms with Gasteiger partial charge >= 0.3 is 5.97 Å². The fourth-order valence-electron chi connectivity index (χ4n) is 2.64. The summed E-state index contributed by atoms with van der Waals surface area (Å²) in [5.74, 6) is 0.0710. The molecule has 0 N–H and O–H groups in total. The Labute approximate surface area is 176 Å². The summed E-state index contributed by atoms with van der Waals surface area (Å²) in [5, 5.41) is 0.541. The molecule has 0 aliphatic heterocycles. The third-order valence-corrected chi connectivity index (χ3v) is 6.41. The molecule has 0 amide bonds. The number of hydrogen-bond donors (Lipinski definition) is 0. The van der Waals surface area contributed by atoms with E-state index in [1.54, 1.807) is 38.1 Å². The predicted molar refractivity (Wildman–Crippen MR) is 110 cm³/mol. The van der Waals surface area contributed by atoms with Gasteiger partial charge in [-0.3, -0.25) is 0 Å². The average molecular weight is 442 g/mol. The van der Waals surface area contributed by atoms with Crippen LogP contribution in [0, 0.1) is 0 Å². The number of hydrogen-bond acceptors (Lipinski definition) is 6. The van der Waals surface area contributed by atoms with E-state index in [1.807, 2.05) is 0 Å². The van der Waals surface area contributed by atoms with Crippen molar-refractivity contribution in [2.24, 2.45) is 0 Å². The molecule has 158 valence electrons. The molecule has 0 bridgehead atoms. The molecule has 0 heterocycles. The molecule has 0 radical (unpaired) electrons. The highest BCUT2D eigenvalue weighted by Gasteiger charge is 2.27. The van der Waals surface area contributed by atoms with Gasteiger partial charge in [-0.15, -0.1) is 0 Å². The van der Waals surface area contributed by atoms with E-state index >= 15 is 0 Å². The van der Waals surface area contributed by atoms with E-state index in [9.17, 15) is 13.2 Å². The molecular formula is C20H24ClNO6S. The van der Waals surface area contributed by atoms with Gasteiger partial charge in [0, 0.05) is 18.1 Å². The van der Waals surface area contributed by atoms with Crippen molar-refractivity contribution in [2.45, 2.75) is 18.7 Å². The molecule has 0 aliphatic carbocycles. The van der Waals surface area contributed by atoms with Crippen LogP contribution in [0.1, 0.15) is 24.2 Å². The lowest BCUT2D eigenvalue weighted by Crippen LogP contribution is -2.31. The van der Waals surface area contributed by atoms with Crippen LogP contribution in [0.3, 0.4) is 0 Å². The van der Waals surface area contributed by atoms with Crippen molar-refractivity contribution >= 4 is 27.6 Å². The number of carbonyl (C=O) groups excluding carboxylic acids is 1. The number of benzene rings is 2. The van der Waals surface area contributed by atoms with Crippen molar-refractivity contribution in [3.8, 4) is 11.5 Å². The molecule has 2 rings (SSSR count). The fraction of sp³-hybridized carbons (Fsp3) is 0.350. The Morgan fingerprint density at radius 1 is 1.07 bits per heavy atom. The molecular weight excluding hydrogens is 418 g/mol. The van der Waals surface area contributed by atoms with Crippen molar-refractivity contribution in [3.05, 3.63) is 53.1 Å². The minimum atomic E-state index is -3.80. The first-order valence-corrected chi connectivity index (χ1v) is 10.9. The van der Waals surface area contributed by atoms with Crippen LogP contribution < -0.4 is 9.47 Å². The second-order valence-electron chi connectivity index (χ2n) is 5.90. The first-order valence-electron chi connectivity index (χ1n) is 9.07. The van der Waals surface area contributed by atoms with Gasteiger partial charge in [0.1, 0.15) is 29.6 Å². The summed E-state index contributed by atoms with van der Waals surface area (Å²) in [6.07, 6.45) is 0. The maximum Gasteiger partial charge on any atom is 0.338 e. The fourth-order valence-corrected chi connectivity index (χ4v) is 4.46. The number of carbonyl (C=O) groups is 1. The lowest BCUT2D eigenvalue weighted by atomic mass is 10.2. The van der Waals surface area contributed by atoms with E-state index in [0.717, 1.165) is 0 Å². The minimum absolute atomic E-state index is 0.00446. The predicted octanol–water partition coefficient (Wildman–Crippen LogP) is 3.61. The van der Waals surface area contributed by atoms with Gasteiger partial charge in [0.15, 0.2) is 0 Å². The van der Waals surface area contributed by atoms with Gasteiger partial charge in [-0.25, -0.2) is 13.2 Å². The third-order valence-electron chi connectivity index (χ3n) is 4.10. The average Bonchev–Trinajstić information content (AvgIpc) is 2.71. The number of esters is 1. The first-order chi connectivity index (χ1) is 13.8. The number of sulfonamides is 1. The summed E-state index contributed by atoms with van der Waals surface area (Å²) in [4.78, 5) is 12.3. The molecule has 7 nitrogen and oxygen atoms in total. The second kappa shape index (κ2) is 10.5. The van der Waals surface area contributed by atoms with Crippen molar-refractivity contribution in [1.29, 1.82) is 0 Å². The summed E-state index contributed by atoms with van der Waals surface area (Å²) in [5.41, 5.74) is 0.110. The van der Waals surface area contributed by atoms with E-state index in [1.165, 1.54) is 29.6 Å². The van der Waals surface area contributed by atoms with Crippen LogP contribution in [-0.2, 0) is 14.8 Å². The maximum atomic E-state index is 12.9. The summed E-state index contributed by atoms with van der Waals surface area (Å²) in [6, 6.07) is 11.0. The van der Waals surface area contributed by atoms with E-state index in [0.29, 0.717) is 23.9 Å². The standard InChI is InChI=1S/C20H24ClNO6S/c1-4-22(5-2)29(24,25)19-13-15(9-10-18(19)26-3)20(23)28-12-11-27-17-8-6-7-16(21)14-17/h6-10,13-14H,4-5,11-12H2,1-3H3. The van der Waals surface area contributed by atoms with Gasteiger partial charge in [0.2, 0.25) is 10.0 Å². The van der Waals surface area contributed by atoms with Crippen molar-refractivity contribution < 1.29 is 27.4 Å². The molecule has 0 spiro atoms. The number of rotatable bonds is 10. The van der Waals surface area contributed by atoms with Crippen molar-refractivity contribution in [2.75, 3.05) is 33.4 Å². The summed E-state index contributed by atoms with van der Waals surface area (Å²) >= 11 is 5.88. The molecule has 29 heavy (non-hydrogen) atoms. The van der Waals surface area contributed by atoms with Crippen LogP contribution in [-0.4, -0.2) is 52.1 Å². The smallest absolute Gasteiger partial charge is 0.338 e. The van der Waals surface area contributed by atoms with Crippen LogP contribution in [0.2, 0.25) is 5.02 Å². The molecule has 2 aromatic rings. The van der Waals surface area contributed by atoms with Crippen LogP contribution in [0.5, 0.6) is 11.5 Å². The highest BCUT2D eigenvalue weighted by atomic mass is 35.5. The van der Waals surface area contributed by atoms with Crippen molar-refractivity contribution in [1.82, 2.24) is 4.31 Å². The quantitative estimate of drug-likeness (QED) is 0.413. The molecule has 9 heteroatoms. The van der Waals surface area contributed by atoms with Crippen LogP contribution >= 0.6 is 11.6 Å². The molecule has 0 aromatic heterocycles. The highest BCUT2D eigenvalue weighted by Crippen LogP contribution is 2.28. The summed E-state index contributed by atoms with van der Waals surface area (Å²) in [6.45, 7) is 4.22. The Hall–Kier alpha value is -2.29. The lowest BCUT2D eigenvalue weighted by Gasteiger charge is -2.20. The van der Waals surface area contributed by atoms with E-state index < -0.39 is 16.0 Å². The Kier molecular flexibility index (Phi) is 8.31. The summed E-state index contributed by atoms with van der Waals surface area (Å²) < 4.78 is 42.8. The number of nitrogens with zero attached hydrogens (tertiary/aromatic N) is 1. The normalized spacial score (nSPS) is 11.3. The highest BCUT2D eigenvalue weighted by molar-refractivity contribution is 7.89. The van der Waals surface area contributed by atoms with Gasteiger partial charge in [0.05, 0.1) is 12.7 Å². The van der Waals surface area contributed by atoms with Crippen LogP contribution in [0.15, 0.2) is 47.4 Å². The number of methoxy groups -OCH3 is 1. The van der Waals surface area contributed by atoms with Crippen molar-refractivity contribution in [3.63, 3.8) is 0 Å². The first kappa shape index (κ1) is 23.0. The zero-order valence-corrected chi connectivity index (χ0v) is 18.1. The monoisotopic (exact) mass is 441 g/mol. The molecule has 0 atom stereocenters. The molecule has 2 aromatic carbocycles. The maximum absolute atomic E-state index is 12.9. The zero-order valence-electron chi connectivity index (χ0n) is 16.6. The molecule has 0 fully saturated rings. The van der Waals surface area contributed by atoms with Gasteiger partial charge in [-0.1, -0.05) is 31.5 Å². The summed E-state index contributed by atoms with van der Waals surface area (Å²) in [7, 11) is -2.43.